The van der Waals surface area contributed by atoms with E-state index in [-0.39, 0.29) is 12.3 Å². The molecule has 0 heterocycles. The van der Waals surface area contributed by atoms with E-state index < -0.39 is 18.2 Å². The van der Waals surface area contributed by atoms with Gasteiger partial charge in [0.1, 0.15) is 0 Å². The maximum atomic E-state index is 10.2. The molecule has 0 bridgehead atoms. The topological polar surface area (TPSA) is 77.8 Å². The highest BCUT2D eigenvalue weighted by atomic mass is 16.4. The molecule has 0 radical (unpaired) electrons. The Kier molecular flexibility index (Phi) is 2.46. The zero-order chi connectivity index (χ0) is 8.43. The Bertz CT molecular complexity index is 147. The molecule has 1 fully saturated rings. The van der Waals surface area contributed by atoms with E-state index in [9.17, 15) is 4.79 Å². The maximum absolute atomic E-state index is 10.2. The lowest BCUT2D eigenvalue weighted by Crippen LogP contribution is -2.17. The normalized spacial score (nSPS) is 32.5. The summed E-state index contributed by atoms with van der Waals surface area (Å²) in [5, 5.41) is 26.5. The van der Waals surface area contributed by atoms with Crippen molar-refractivity contribution in [2.45, 2.75) is 31.5 Å². The van der Waals surface area contributed by atoms with Crippen molar-refractivity contribution >= 4 is 5.97 Å². The van der Waals surface area contributed by atoms with Crippen LogP contribution >= 0.6 is 0 Å². The van der Waals surface area contributed by atoms with Gasteiger partial charge in [0.15, 0.2) is 0 Å². The Balaban J connectivity index is 2.35. The number of carboxylic acids is 1. The molecular formula is C7H12O4. The molecule has 1 aliphatic carbocycles. The first-order valence-electron chi connectivity index (χ1n) is 3.67. The average Bonchev–Trinajstić information content (AvgIpc) is 2.10. The van der Waals surface area contributed by atoms with Gasteiger partial charge >= 0.3 is 5.97 Å². The van der Waals surface area contributed by atoms with Crippen LogP contribution in [0, 0.1) is 5.92 Å². The zero-order valence-corrected chi connectivity index (χ0v) is 6.10. The molecule has 0 aromatic rings. The summed E-state index contributed by atoms with van der Waals surface area (Å²) in [6.45, 7) is 0. The van der Waals surface area contributed by atoms with E-state index in [4.69, 9.17) is 15.3 Å². The van der Waals surface area contributed by atoms with E-state index in [1.54, 1.807) is 0 Å². The molecule has 11 heavy (non-hydrogen) atoms. The van der Waals surface area contributed by atoms with Crippen LogP contribution in [-0.2, 0) is 4.79 Å². The van der Waals surface area contributed by atoms with Crippen molar-refractivity contribution < 1.29 is 20.1 Å². The van der Waals surface area contributed by atoms with Crippen LogP contribution in [0.4, 0.5) is 0 Å². The summed E-state index contributed by atoms with van der Waals surface area (Å²) >= 11 is 0. The third-order valence-electron chi connectivity index (χ3n) is 2.06. The molecule has 0 aromatic carbocycles. The van der Waals surface area contributed by atoms with Crippen molar-refractivity contribution in [3.8, 4) is 0 Å². The predicted octanol–water partition coefficient (Wildman–Crippen LogP) is -0.407. The van der Waals surface area contributed by atoms with Gasteiger partial charge in [-0.2, -0.15) is 0 Å². The monoisotopic (exact) mass is 160 g/mol. The first-order chi connectivity index (χ1) is 5.09. The largest absolute Gasteiger partial charge is 0.481 e. The lowest BCUT2D eigenvalue weighted by atomic mass is 10.0. The number of hydrogen-bond acceptors (Lipinski definition) is 3. The summed E-state index contributed by atoms with van der Waals surface area (Å²) < 4.78 is 0. The minimum Gasteiger partial charge on any atom is -0.481 e. The fraction of sp³-hybridized carbons (Fsp3) is 0.857. The first-order valence-corrected chi connectivity index (χ1v) is 3.67. The minimum absolute atomic E-state index is 0.0497. The van der Waals surface area contributed by atoms with Gasteiger partial charge in [-0.3, -0.25) is 4.79 Å². The summed E-state index contributed by atoms with van der Waals surface area (Å²) in [5.41, 5.74) is 0. The van der Waals surface area contributed by atoms with E-state index >= 15 is 0 Å². The van der Waals surface area contributed by atoms with Crippen LogP contribution in [0.2, 0.25) is 0 Å². The molecule has 2 atom stereocenters. The molecule has 64 valence electrons. The van der Waals surface area contributed by atoms with Crippen LogP contribution < -0.4 is 0 Å². The van der Waals surface area contributed by atoms with Gasteiger partial charge in [-0.1, -0.05) is 0 Å². The molecule has 0 saturated heterocycles. The van der Waals surface area contributed by atoms with E-state index in [0.29, 0.717) is 12.8 Å². The number of hydrogen-bond donors (Lipinski definition) is 3. The summed E-state index contributed by atoms with van der Waals surface area (Å²) in [7, 11) is 0. The van der Waals surface area contributed by atoms with Gasteiger partial charge in [0.25, 0.3) is 0 Å². The Hall–Kier alpha value is -0.610. The van der Waals surface area contributed by atoms with Crippen molar-refractivity contribution in [2.75, 3.05) is 0 Å². The van der Waals surface area contributed by atoms with Gasteiger partial charge < -0.3 is 15.3 Å². The van der Waals surface area contributed by atoms with Crippen molar-refractivity contribution in [3.63, 3.8) is 0 Å². The molecule has 4 nitrogen and oxygen atoms in total. The fourth-order valence-corrected chi connectivity index (χ4v) is 1.51. The summed E-state index contributed by atoms with van der Waals surface area (Å²) in [6, 6.07) is 0. The van der Waals surface area contributed by atoms with Crippen molar-refractivity contribution in [3.05, 3.63) is 0 Å². The molecule has 4 heteroatoms. The molecule has 0 aliphatic heterocycles. The Morgan fingerprint density at radius 1 is 1.27 bits per heavy atom. The second-order valence-corrected chi connectivity index (χ2v) is 3.07. The average molecular weight is 160 g/mol. The highest BCUT2D eigenvalue weighted by Crippen LogP contribution is 2.28. The van der Waals surface area contributed by atoms with Gasteiger partial charge in [0.2, 0.25) is 0 Å². The van der Waals surface area contributed by atoms with Crippen LogP contribution in [0.3, 0.4) is 0 Å². The second kappa shape index (κ2) is 3.19. The highest BCUT2D eigenvalue weighted by molar-refractivity contribution is 5.67. The van der Waals surface area contributed by atoms with Crippen LogP contribution in [-0.4, -0.2) is 33.5 Å². The summed E-state index contributed by atoms with van der Waals surface area (Å²) in [4.78, 5) is 10.2. The first kappa shape index (κ1) is 8.49. The Morgan fingerprint density at radius 3 is 2.09 bits per heavy atom. The van der Waals surface area contributed by atoms with E-state index in [0.717, 1.165) is 0 Å². The predicted molar refractivity (Wildman–Crippen MR) is 37.0 cm³/mol. The molecule has 0 amide bonds. The van der Waals surface area contributed by atoms with Gasteiger partial charge in [-0.25, -0.2) is 0 Å². The standard InChI is InChI=1S/C7H12O4/c8-5-1-4(2-6(5)9)3-7(10)11/h4-6,8-9H,1-3H2,(H,10,11)/t5-,6-/m1/s1. The van der Waals surface area contributed by atoms with E-state index in [1.807, 2.05) is 0 Å². The number of aliphatic carboxylic acids is 1. The van der Waals surface area contributed by atoms with E-state index in [1.165, 1.54) is 0 Å². The number of carbonyl (C=O) groups is 1. The van der Waals surface area contributed by atoms with Crippen LogP contribution in [0.25, 0.3) is 0 Å². The van der Waals surface area contributed by atoms with Crippen LogP contribution in [0.5, 0.6) is 0 Å². The SMILES string of the molecule is O=C(O)CC1C[C@@H](O)[C@H](O)C1. The summed E-state index contributed by atoms with van der Waals surface area (Å²) in [6.07, 6.45) is -0.576. The second-order valence-electron chi connectivity index (χ2n) is 3.07. The maximum Gasteiger partial charge on any atom is 0.303 e. The molecule has 3 N–H and O–H groups in total. The van der Waals surface area contributed by atoms with Crippen molar-refractivity contribution in [1.82, 2.24) is 0 Å². The highest BCUT2D eigenvalue weighted by Gasteiger charge is 2.32. The fourth-order valence-electron chi connectivity index (χ4n) is 1.51. The molecule has 0 spiro atoms. The molecule has 1 rings (SSSR count). The van der Waals surface area contributed by atoms with Crippen LogP contribution in [0.15, 0.2) is 0 Å². The summed E-state index contributed by atoms with van der Waals surface area (Å²) in [5.74, 6) is -0.922. The third kappa shape index (κ3) is 2.17. The number of rotatable bonds is 2. The van der Waals surface area contributed by atoms with Gasteiger partial charge in [-0.15, -0.1) is 0 Å². The molecule has 1 saturated carbocycles. The lowest BCUT2D eigenvalue weighted by Gasteiger charge is -2.03. The molecular weight excluding hydrogens is 148 g/mol. The quantitative estimate of drug-likeness (QED) is 0.513. The van der Waals surface area contributed by atoms with Gasteiger partial charge in [0, 0.05) is 6.42 Å². The van der Waals surface area contributed by atoms with Crippen molar-refractivity contribution in [1.29, 1.82) is 0 Å². The van der Waals surface area contributed by atoms with E-state index in [2.05, 4.69) is 0 Å². The Morgan fingerprint density at radius 2 is 1.73 bits per heavy atom. The molecule has 0 aromatic heterocycles. The molecule has 0 unspecified atom stereocenters. The minimum atomic E-state index is -0.865. The van der Waals surface area contributed by atoms with Crippen LogP contribution in [0.1, 0.15) is 19.3 Å². The van der Waals surface area contributed by atoms with Gasteiger partial charge in [0.05, 0.1) is 12.2 Å². The van der Waals surface area contributed by atoms with Gasteiger partial charge in [-0.05, 0) is 18.8 Å². The number of aliphatic hydroxyl groups is 2. The number of aliphatic hydroxyl groups excluding tert-OH is 2. The number of carboxylic acid groups (broad SMARTS) is 1. The zero-order valence-electron chi connectivity index (χ0n) is 6.10. The lowest BCUT2D eigenvalue weighted by molar-refractivity contribution is -0.138. The smallest absolute Gasteiger partial charge is 0.303 e. The molecule has 1 aliphatic rings. The van der Waals surface area contributed by atoms with Crippen molar-refractivity contribution in [2.24, 2.45) is 5.92 Å². The Labute approximate surface area is 64.5 Å². The third-order valence-corrected chi connectivity index (χ3v) is 2.06.